The summed E-state index contributed by atoms with van der Waals surface area (Å²) in [7, 11) is 0. The highest BCUT2D eigenvalue weighted by molar-refractivity contribution is 5.96. The standard InChI is InChI=1S/C24H23NO3/c1-17-9-8-13-21(18(17)2)24(27)28-16-23(26)25-22-14-7-6-12-20(22)15-19-10-4-3-5-11-19/h3-14H,15-16H2,1-2H3,(H,25,26). The number of hydrogen-bond donors (Lipinski definition) is 1. The lowest BCUT2D eigenvalue weighted by Crippen LogP contribution is -2.22. The molecule has 142 valence electrons. The third kappa shape index (κ3) is 4.86. The quantitative estimate of drug-likeness (QED) is 0.638. The third-order valence-electron chi connectivity index (χ3n) is 4.69. The second kappa shape index (κ2) is 9.00. The third-order valence-corrected chi connectivity index (χ3v) is 4.69. The van der Waals surface area contributed by atoms with Crippen molar-refractivity contribution < 1.29 is 14.3 Å². The predicted molar refractivity (Wildman–Crippen MR) is 111 cm³/mol. The molecule has 3 rings (SSSR count). The Hall–Kier alpha value is -3.40. The summed E-state index contributed by atoms with van der Waals surface area (Å²) < 4.78 is 5.21. The Kier molecular flexibility index (Phi) is 6.22. The van der Waals surface area contributed by atoms with Gasteiger partial charge in [0.1, 0.15) is 0 Å². The molecule has 0 radical (unpaired) electrons. The molecular weight excluding hydrogens is 350 g/mol. The van der Waals surface area contributed by atoms with Gasteiger partial charge in [0.2, 0.25) is 0 Å². The molecule has 0 atom stereocenters. The molecule has 0 spiro atoms. The highest BCUT2D eigenvalue weighted by atomic mass is 16.5. The first-order valence-corrected chi connectivity index (χ1v) is 9.19. The van der Waals surface area contributed by atoms with Gasteiger partial charge < -0.3 is 10.1 Å². The van der Waals surface area contributed by atoms with Gasteiger partial charge in [0.05, 0.1) is 5.56 Å². The second-order valence-electron chi connectivity index (χ2n) is 6.69. The van der Waals surface area contributed by atoms with Crippen molar-refractivity contribution in [2.24, 2.45) is 0 Å². The van der Waals surface area contributed by atoms with Gasteiger partial charge in [-0.15, -0.1) is 0 Å². The minimum Gasteiger partial charge on any atom is -0.452 e. The maximum Gasteiger partial charge on any atom is 0.338 e. The molecule has 28 heavy (non-hydrogen) atoms. The lowest BCUT2D eigenvalue weighted by atomic mass is 10.0. The Balaban J connectivity index is 1.62. The first kappa shape index (κ1) is 19.4. The van der Waals surface area contributed by atoms with E-state index in [2.05, 4.69) is 5.32 Å². The molecule has 1 N–H and O–H groups in total. The molecular formula is C24H23NO3. The highest BCUT2D eigenvalue weighted by Crippen LogP contribution is 2.19. The van der Waals surface area contributed by atoms with Crippen molar-refractivity contribution in [1.29, 1.82) is 0 Å². The van der Waals surface area contributed by atoms with Crippen LogP contribution < -0.4 is 5.32 Å². The minimum atomic E-state index is -0.492. The Morgan fingerprint density at radius 2 is 1.57 bits per heavy atom. The molecule has 0 fully saturated rings. The molecule has 1 amide bonds. The molecule has 0 heterocycles. The zero-order chi connectivity index (χ0) is 19.9. The van der Waals surface area contributed by atoms with Crippen LogP contribution in [0.5, 0.6) is 0 Å². The van der Waals surface area contributed by atoms with Crippen LogP contribution in [0.1, 0.15) is 32.6 Å². The molecule has 0 aliphatic carbocycles. The van der Waals surface area contributed by atoms with Gasteiger partial charge >= 0.3 is 5.97 Å². The van der Waals surface area contributed by atoms with E-state index in [1.807, 2.05) is 74.5 Å². The van der Waals surface area contributed by atoms with E-state index in [-0.39, 0.29) is 12.5 Å². The Morgan fingerprint density at radius 1 is 0.857 bits per heavy atom. The van der Waals surface area contributed by atoms with Gasteiger partial charge in [0.25, 0.3) is 5.91 Å². The van der Waals surface area contributed by atoms with Crippen LogP contribution in [-0.2, 0) is 16.0 Å². The fourth-order valence-electron chi connectivity index (χ4n) is 2.98. The lowest BCUT2D eigenvalue weighted by molar-refractivity contribution is -0.119. The monoisotopic (exact) mass is 373 g/mol. The molecule has 0 aliphatic heterocycles. The summed E-state index contributed by atoms with van der Waals surface area (Å²) in [6.45, 7) is 3.47. The molecule has 3 aromatic rings. The average molecular weight is 373 g/mol. The van der Waals surface area contributed by atoms with Crippen LogP contribution in [0.25, 0.3) is 0 Å². The van der Waals surface area contributed by atoms with Crippen LogP contribution >= 0.6 is 0 Å². The number of amides is 1. The molecule has 4 heteroatoms. The number of carbonyl (C=O) groups is 2. The van der Waals surface area contributed by atoms with E-state index in [4.69, 9.17) is 4.74 Å². The van der Waals surface area contributed by atoms with Gasteiger partial charge in [0.15, 0.2) is 6.61 Å². The van der Waals surface area contributed by atoms with Crippen LogP contribution in [0.15, 0.2) is 72.8 Å². The normalized spacial score (nSPS) is 10.4. The van der Waals surface area contributed by atoms with Gasteiger partial charge in [-0.05, 0) is 54.7 Å². The van der Waals surface area contributed by atoms with Crippen molar-refractivity contribution in [3.8, 4) is 0 Å². The van der Waals surface area contributed by atoms with E-state index in [9.17, 15) is 9.59 Å². The van der Waals surface area contributed by atoms with Crippen LogP contribution in [0, 0.1) is 13.8 Å². The van der Waals surface area contributed by atoms with Crippen molar-refractivity contribution in [3.63, 3.8) is 0 Å². The Labute approximate surface area is 165 Å². The molecule has 0 aromatic heterocycles. The lowest BCUT2D eigenvalue weighted by Gasteiger charge is -2.12. The van der Waals surface area contributed by atoms with Crippen LogP contribution in [0.3, 0.4) is 0 Å². The summed E-state index contributed by atoms with van der Waals surface area (Å²) in [4.78, 5) is 24.6. The van der Waals surface area contributed by atoms with Crippen molar-refractivity contribution in [2.45, 2.75) is 20.3 Å². The fourth-order valence-corrected chi connectivity index (χ4v) is 2.98. The maximum absolute atomic E-state index is 12.3. The molecule has 0 unspecified atom stereocenters. The van der Waals surface area contributed by atoms with Crippen LogP contribution in [0.2, 0.25) is 0 Å². The molecule has 0 saturated heterocycles. The van der Waals surface area contributed by atoms with E-state index in [1.165, 1.54) is 0 Å². The van der Waals surface area contributed by atoms with Crippen molar-refractivity contribution in [2.75, 3.05) is 11.9 Å². The molecule has 0 aliphatic rings. The summed E-state index contributed by atoms with van der Waals surface area (Å²) in [5.74, 6) is -0.854. The largest absolute Gasteiger partial charge is 0.452 e. The number of aryl methyl sites for hydroxylation is 1. The van der Waals surface area contributed by atoms with Crippen molar-refractivity contribution >= 4 is 17.6 Å². The topological polar surface area (TPSA) is 55.4 Å². The number of benzene rings is 3. The molecule has 0 saturated carbocycles. The summed E-state index contributed by atoms with van der Waals surface area (Å²) in [5.41, 5.74) is 5.24. The molecule has 4 nitrogen and oxygen atoms in total. The van der Waals surface area contributed by atoms with Crippen LogP contribution in [0.4, 0.5) is 5.69 Å². The summed E-state index contributed by atoms with van der Waals surface area (Å²) >= 11 is 0. The van der Waals surface area contributed by atoms with E-state index in [1.54, 1.807) is 12.1 Å². The summed E-state index contributed by atoms with van der Waals surface area (Å²) in [5, 5.41) is 2.85. The smallest absolute Gasteiger partial charge is 0.338 e. The average Bonchev–Trinajstić information content (AvgIpc) is 2.70. The number of para-hydroxylation sites is 1. The summed E-state index contributed by atoms with van der Waals surface area (Å²) in [6.07, 6.45) is 0.708. The van der Waals surface area contributed by atoms with Crippen molar-refractivity contribution in [3.05, 3.63) is 101 Å². The SMILES string of the molecule is Cc1cccc(C(=O)OCC(=O)Nc2ccccc2Cc2ccccc2)c1C. The van der Waals surface area contributed by atoms with Crippen LogP contribution in [-0.4, -0.2) is 18.5 Å². The fraction of sp³-hybridized carbons (Fsp3) is 0.167. The van der Waals surface area contributed by atoms with Gasteiger partial charge in [0, 0.05) is 5.69 Å². The van der Waals surface area contributed by atoms with Gasteiger partial charge in [-0.3, -0.25) is 4.79 Å². The number of carbonyl (C=O) groups excluding carboxylic acids is 2. The Bertz CT molecular complexity index is 980. The van der Waals surface area contributed by atoms with Gasteiger partial charge in [-0.25, -0.2) is 4.79 Å². The number of hydrogen-bond acceptors (Lipinski definition) is 3. The molecule has 3 aromatic carbocycles. The van der Waals surface area contributed by atoms with Gasteiger partial charge in [-0.1, -0.05) is 60.7 Å². The summed E-state index contributed by atoms with van der Waals surface area (Å²) in [6, 6.07) is 23.1. The zero-order valence-electron chi connectivity index (χ0n) is 16.1. The van der Waals surface area contributed by atoms with E-state index in [0.717, 1.165) is 27.9 Å². The van der Waals surface area contributed by atoms with E-state index in [0.29, 0.717) is 12.0 Å². The second-order valence-corrected chi connectivity index (χ2v) is 6.69. The zero-order valence-corrected chi connectivity index (χ0v) is 16.1. The first-order chi connectivity index (χ1) is 13.5. The Morgan fingerprint density at radius 3 is 2.36 bits per heavy atom. The van der Waals surface area contributed by atoms with Gasteiger partial charge in [-0.2, -0.15) is 0 Å². The van der Waals surface area contributed by atoms with Crippen molar-refractivity contribution in [1.82, 2.24) is 0 Å². The molecule has 0 bridgehead atoms. The maximum atomic E-state index is 12.3. The van der Waals surface area contributed by atoms with E-state index < -0.39 is 5.97 Å². The first-order valence-electron chi connectivity index (χ1n) is 9.19. The highest BCUT2D eigenvalue weighted by Gasteiger charge is 2.14. The number of ether oxygens (including phenoxy) is 1. The number of rotatable bonds is 6. The van der Waals surface area contributed by atoms with E-state index >= 15 is 0 Å². The minimum absolute atomic E-state index is 0.327. The number of esters is 1. The number of nitrogens with one attached hydrogen (secondary N) is 1. The predicted octanol–water partition coefficient (Wildman–Crippen LogP) is 4.69. The number of anilines is 1.